The molecule has 5 heteroatoms. The number of piperidine rings is 1. The molecule has 21 heavy (non-hydrogen) atoms. The smallest absolute Gasteiger partial charge is 0.144 e. The van der Waals surface area contributed by atoms with E-state index in [0.29, 0.717) is 11.8 Å². The number of nitrogens with zero attached hydrogens (tertiary/aromatic N) is 3. The minimum Gasteiger partial charge on any atom is -0.372 e. The molecule has 1 N–H and O–H groups in total. The van der Waals surface area contributed by atoms with Crippen molar-refractivity contribution in [2.75, 3.05) is 19.4 Å². The second kappa shape index (κ2) is 5.84. The minimum absolute atomic E-state index is 0.399. The second-order valence-electron chi connectivity index (χ2n) is 6.75. The minimum atomic E-state index is 0.399. The Bertz CT molecular complexity index is 517. The van der Waals surface area contributed by atoms with Crippen LogP contribution >= 0.6 is 15.9 Å². The Kier molecular flexibility index (Phi) is 4.23. The number of hydrogen-bond donors (Lipinski definition) is 1. The molecular weight excluding hydrogens is 328 g/mol. The first kappa shape index (κ1) is 15.2. The van der Waals surface area contributed by atoms with Gasteiger partial charge in [0.25, 0.3) is 0 Å². The lowest BCUT2D eigenvalue weighted by atomic mass is 9.90. The van der Waals surface area contributed by atoms with Gasteiger partial charge in [0.05, 0.1) is 10.2 Å². The Morgan fingerprint density at radius 3 is 2.33 bits per heavy atom. The molecule has 2 aliphatic heterocycles. The number of nitrogens with one attached hydrogen (secondary N) is 1. The van der Waals surface area contributed by atoms with E-state index in [2.05, 4.69) is 47.0 Å². The number of hydrogen-bond acceptors (Lipinski definition) is 4. The molecule has 3 rings (SSSR count). The summed E-state index contributed by atoms with van der Waals surface area (Å²) in [7, 11) is 4.21. The highest BCUT2D eigenvalue weighted by molar-refractivity contribution is 9.10. The van der Waals surface area contributed by atoms with E-state index in [0.717, 1.165) is 33.9 Å². The van der Waals surface area contributed by atoms with Crippen molar-refractivity contribution in [3.05, 3.63) is 16.0 Å². The van der Waals surface area contributed by atoms with Gasteiger partial charge in [-0.15, -0.1) is 0 Å². The van der Waals surface area contributed by atoms with Crippen LogP contribution in [0.5, 0.6) is 0 Å². The summed E-state index contributed by atoms with van der Waals surface area (Å²) < 4.78 is 1.01. The zero-order valence-electron chi connectivity index (χ0n) is 13.4. The van der Waals surface area contributed by atoms with E-state index in [-0.39, 0.29) is 0 Å². The number of fused-ring (bicyclic) bond motifs is 2. The molecule has 0 aromatic carbocycles. The molecule has 0 aliphatic carbocycles. The summed E-state index contributed by atoms with van der Waals surface area (Å²) in [5.74, 6) is 2.87. The summed E-state index contributed by atoms with van der Waals surface area (Å²) in [6.07, 6.45) is 5.08. The molecule has 2 atom stereocenters. The van der Waals surface area contributed by atoms with Crippen LogP contribution < -0.4 is 5.32 Å². The van der Waals surface area contributed by atoms with Gasteiger partial charge in [0.2, 0.25) is 0 Å². The molecule has 1 aromatic heterocycles. The van der Waals surface area contributed by atoms with Gasteiger partial charge >= 0.3 is 0 Å². The van der Waals surface area contributed by atoms with E-state index in [9.17, 15) is 0 Å². The Balaban J connectivity index is 1.94. The van der Waals surface area contributed by atoms with E-state index >= 15 is 0 Å². The van der Waals surface area contributed by atoms with Gasteiger partial charge in [-0.25, -0.2) is 9.97 Å². The molecule has 2 bridgehead atoms. The van der Waals surface area contributed by atoms with Crippen molar-refractivity contribution in [3.63, 3.8) is 0 Å². The van der Waals surface area contributed by atoms with E-state index in [4.69, 9.17) is 9.97 Å². The van der Waals surface area contributed by atoms with Crippen molar-refractivity contribution < 1.29 is 0 Å². The number of aromatic nitrogens is 2. The van der Waals surface area contributed by atoms with E-state index in [1.165, 1.54) is 25.7 Å². The average Bonchev–Trinajstić information content (AvgIpc) is 2.68. The molecule has 3 heterocycles. The van der Waals surface area contributed by atoms with Crippen LogP contribution in [0.4, 0.5) is 5.82 Å². The molecule has 0 radical (unpaired) electrons. The first-order valence-electron chi connectivity index (χ1n) is 7.98. The van der Waals surface area contributed by atoms with Crippen molar-refractivity contribution in [2.45, 2.75) is 63.5 Å². The summed E-state index contributed by atoms with van der Waals surface area (Å²) in [4.78, 5) is 12.3. The van der Waals surface area contributed by atoms with Crippen LogP contribution in [-0.4, -0.2) is 41.0 Å². The number of rotatable bonds is 3. The van der Waals surface area contributed by atoms with Gasteiger partial charge in [0.1, 0.15) is 11.6 Å². The topological polar surface area (TPSA) is 41.1 Å². The van der Waals surface area contributed by atoms with Crippen LogP contribution in [0.1, 0.15) is 62.9 Å². The second-order valence-corrected chi connectivity index (χ2v) is 7.55. The maximum atomic E-state index is 4.91. The summed E-state index contributed by atoms with van der Waals surface area (Å²) in [5, 5.41) is 3.21. The van der Waals surface area contributed by atoms with Crippen molar-refractivity contribution in [1.82, 2.24) is 14.9 Å². The van der Waals surface area contributed by atoms with Gasteiger partial charge in [-0.2, -0.15) is 0 Å². The maximum absolute atomic E-state index is 4.91. The average molecular weight is 353 g/mol. The molecule has 2 saturated heterocycles. The highest BCUT2D eigenvalue weighted by atomic mass is 79.9. The summed E-state index contributed by atoms with van der Waals surface area (Å²) >= 11 is 3.65. The lowest BCUT2D eigenvalue weighted by Gasteiger charge is -2.35. The van der Waals surface area contributed by atoms with Crippen molar-refractivity contribution in [3.8, 4) is 0 Å². The van der Waals surface area contributed by atoms with Gasteiger partial charge in [0, 0.05) is 25.0 Å². The van der Waals surface area contributed by atoms with E-state index < -0.39 is 0 Å². The summed E-state index contributed by atoms with van der Waals surface area (Å²) in [6.45, 7) is 4.38. The molecule has 0 amide bonds. The predicted octanol–water partition coefficient (Wildman–Crippen LogP) is 3.74. The standard InChI is InChI=1S/C16H25BrN4/c1-9(2)14-13(17)16(18-3)20-15(19-14)10-7-11-5-6-12(8-10)21(11)4/h9-12H,5-8H2,1-4H3,(H,18,19,20). The van der Waals surface area contributed by atoms with Gasteiger partial charge in [-0.05, 0) is 54.6 Å². The Morgan fingerprint density at radius 2 is 1.81 bits per heavy atom. The van der Waals surface area contributed by atoms with Crippen LogP contribution in [0.3, 0.4) is 0 Å². The van der Waals surface area contributed by atoms with Crippen LogP contribution in [-0.2, 0) is 0 Å². The Labute approximate surface area is 135 Å². The molecule has 2 fully saturated rings. The summed E-state index contributed by atoms with van der Waals surface area (Å²) in [5.41, 5.74) is 1.12. The fourth-order valence-electron chi connectivity index (χ4n) is 3.84. The van der Waals surface area contributed by atoms with Gasteiger partial charge in [-0.3, -0.25) is 0 Å². The van der Waals surface area contributed by atoms with Crippen LogP contribution in [0, 0.1) is 0 Å². The van der Waals surface area contributed by atoms with E-state index in [1.807, 2.05) is 7.05 Å². The first-order chi connectivity index (χ1) is 10.0. The van der Waals surface area contributed by atoms with Crippen LogP contribution in [0.25, 0.3) is 0 Å². The van der Waals surface area contributed by atoms with Crippen molar-refractivity contribution in [1.29, 1.82) is 0 Å². The first-order valence-corrected chi connectivity index (χ1v) is 8.77. The van der Waals surface area contributed by atoms with Crippen molar-refractivity contribution in [2.24, 2.45) is 0 Å². The molecule has 2 unspecified atom stereocenters. The normalized spacial score (nSPS) is 29.1. The molecule has 0 spiro atoms. The molecule has 0 saturated carbocycles. The third-order valence-corrected chi connectivity index (χ3v) is 5.92. The zero-order chi connectivity index (χ0) is 15.1. The molecular formula is C16H25BrN4. The van der Waals surface area contributed by atoms with Crippen LogP contribution in [0.15, 0.2) is 4.47 Å². The fraction of sp³-hybridized carbons (Fsp3) is 0.750. The third kappa shape index (κ3) is 2.70. The third-order valence-electron chi connectivity index (χ3n) is 5.14. The quantitative estimate of drug-likeness (QED) is 0.899. The van der Waals surface area contributed by atoms with Crippen molar-refractivity contribution >= 4 is 21.7 Å². The van der Waals surface area contributed by atoms with Gasteiger partial charge < -0.3 is 10.2 Å². The molecule has 2 aliphatic rings. The SMILES string of the molecule is CNc1nc(C2CC3CCC(C2)N3C)nc(C(C)C)c1Br. The highest BCUT2D eigenvalue weighted by Gasteiger charge is 2.40. The Morgan fingerprint density at radius 1 is 1.19 bits per heavy atom. The highest BCUT2D eigenvalue weighted by Crippen LogP contribution is 2.42. The Hall–Kier alpha value is -0.680. The lowest BCUT2D eigenvalue weighted by Crippen LogP contribution is -2.39. The lowest BCUT2D eigenvalue weighted by molar-refractivity contribution is 0.159. The predicted molar refractivity (Wildman–Crippen MR) is 89.9 cm³/mol. The molecule has 4 nitrogen and oxygen atoms in total. The van der Waals surface area contributed by atoms with Gasteiger partial charge in [-0.1, -0.05) is 13.8 Å². The maximum Gasteiger partial charge on any atom is 0.144 e. The monoisotopic (exact) mass is 352 g/mol. The largest absolute Gasteiger partial charge is 0.372 e. The molecule has 116 valence electrons. The number of halogens is 1. The number of anilines is 1. The van der Waals surface area contributed by atoms with Crippen LogP contribution in [0.2, 0.25) is 0 Å². The fourth-order valence-corrected chi connectivity index (χ4v) is 4.67. The van der Waals surface area contributed by atoms with Gasteiger partial charge in [0.15, 0.2) is 0 Å². The zero-order valence-corrected chi connectivity index (χ0v) is 14.9. The summed E-state index contributed by atoms with van der Waals surface area (Å²) in [6, 6.07) is 1.45. The van der Waals surface area contributed by atoms with E-state index in [1.54, 1.807) is 0 Å². The molecule has 1 aromatic rings.